The first-order chi connectivity index (χ1) is 9.76. The molecule has 5 heteroatoms. The minimum Gasteiger partial charge on any atom is -0.486 e. The molecule has 2 heterocycles. The third kappa shape index (κ3) is 2.57. The fourth-order valence-electron chi connectivity index (χ4n) is 2.38. The highest BCUT2D eigenvalue weighted by Crippen LogP contribution is 2.32. The van der Waals surface area contributed by atoms with E-state index >= 15 is 0 Å². The molecule has 20 heavy (non-hydrogen) atoms. The zero-order valence-corrected chi connectivity index (χ0v) is 11.8. The molecule has 0 fully saturated rings. The molecule has 0 unspecified atom stereocenters. The van der Waals surface area contributed by atoms with E-state index in [1.54, 1.807) is 0 Å². The van der Waals surface area contributed by atoms with Gasteiger partial charge in [0.15, 0.2) is 11.5 Å². The maximum atomic E-state index is 5.58. The second kappa shape index (κ2) is 5.45. The average molecular weight is 273 g/mol. The standard InChI is InChI=1S/C15H19N3O2/c1-3-13-11(10-18(2)17-13)9-16-12-4-5-14-15(8-12)20-7-6-19-14/h4-5,8,10,16H,3,6-7,9H2,1-2H3. The molecule has 1 aromatic carbocycles. The Morgan fingerprint density at radius 1 is 1.25 bits per heavy atom. The first-order valence-electron chi connectivity index (χ1n) is 6.91. The highest BCUT2D eigenvalue weighted by molar-refractivity contribution is 5.55. The van der Waals surface area contributed by atoms with Crippen molar-refractivity contribution in [2.45, 2.75) is 19.9 Å². The number of ether oxygens (including phenoxy) is 2. The molecule has 0 radical (unpaired) electrons. The predicted octanol–water partition coefficient (Wildman–Crippen LogP) is 2.37. The second-order valence-electron chi connectivity index (χ2n) is 4.84. The quantitative estimate of drug-likeness (QED) is 0.929. The van der Waals surface area contributed by atoms with Gasteiger partial charge in [0.25, 0.3) is 0 Å². The lowest BCUT2D eigenvalue weighted by molar-refractivity contribution is 0.171. The molecule has 1 aliphatic heterocycles. The van der Waals surface area contributed by atoms with Gasteiger partial charge in [-0.25, -0.2) is 0 Å². The van der Waals surface area contributed by atoms with Gasteiger partial charge in [-0.05, 0) is 18.6 Å². The van der Waals surface area contributed by atoms with Crippen molar-refractivity contribution in [3.8, 4) is 11.5 Å². The molecule has 0 saturated heterocycles. The van der Waals surface area contributed by atoms with E-state index in [9.17, 15) is 0 Å². The molecule has 5 nitrogen and oxygen atoms in total. The largest absolute Gasteiger partial charge is 0.486 e. The summed E-state index contributed by atoms with van der Waals surface area (Å²) >= 11 is 0. The average Bonchev–Trinajstić information content (AvgIpc) is 2.85. The van der Waals surface area contributed by atoms with Gasteiger partial charge in [0.2, 0.25) is 0 Å². The van der Waals surface area contributed by atoms with Crippen LogP contribution in [0.15, 0.2) is 24.4 Å². The third-order valence-electron chi connectivity index (χ3n) is 3.35. The first-order valence-corrected chi connectivity index (χ1v) is 6.91. The van der Waals surface area contributed by atoms with Crippen molar-refractivity contribution in [1.29, 1.82) is 0 Å². The number of fused-ring (bicyclic) bond motifs is 1. The maximum absolute atomic E-state index is 5.58. The molecule has 0 aliphatic carbocycles. The fourth-order valence-corrected chi connectivity index (χ4v) is 2.38. The summed E-state index contributed by atoms with van der Waals surface area (Å²) in [5.74, 6) is 1.63. The number of nitrogens with zero attached hydrogens (tertiary/aromatic N) is 2. The number of aryl methyl sites for hydroxylation is 2. The van der Waals surface area contributed by atoms with Crippen molar-refractivity contribution in [3.05, 3.63) is 35.7 Å². The Morgan fingerprint density at radius 2 is 2.05 bits per heavy atom. The van der Waals surface area contributed by atoms with Gasteiger partial charge < -0.3 is 14.8 Å². The molecular formula is C15H19N3O2. The Hall–Kier alpha value is -2.17. The van der Waals surface area contributed by atoms with Crippen molar-refractivity contribution >= 4 is 5.69 Å². The molecule has 106 valence electrons. The lowest BCUT2D eigenvalue weighted by Crippen LogP contribution is -2.15. The van der Waals surface area contributed by atoms with Crippen LogP contribution in [-0.2, 0) is 20.0 Å². The monoisotopic (exact) mass is 273 g/mol. The molecule has 1 N–H and O–H groups in total. The van der Waals surface area contributed by atoms with Gasteiger partial charge in [-0.15, -0.1) is 0 Å². The zero-order chi connectivity index (χ0) is 13.9. The lowest BCUT2D eigenvalue weighted by atomic mass is 10.2. The van der Waals surface area contributed by atoms with Gasteiger partial charge in [0.1, 0.15) is 13.2 Å². The number of aromatic nitrogens is 2. The molecule has 0 spiro atoms. The number of benzene rings is 1. The van der Waals surface area contributed by atoms with Crippen LogP contribution in [0.3, 0.4) is 0 Å². The maximum Gasteiger partial charge on any atom is 0.163 e. The number of hydrogen-bond donors (Lipinski definition) is 1. The highest BCUT2D eigenvalue weighted by Gasteiger charge is 2.12. The van der Waals surface area contributed by atoms with Crippen LogP contribution in [0, 0.1) is 0 Å². The SMILES string of the molecule is CCc1nn(C)cc1CNc1ccc2c(c1)OCCO2. The number of anilines is 1. The van der Waals surface area contributed by atoms with Crippen molar-refractivity contribution in [2.75, 3.05) is 18.5 Å². The molecule has 2 aromatic rings. The van der Waals surface area contributed by atoms with Crippen LogP contribution >= 0.6 is 0 Å². The molecule has 0 atom stereocenters. The van der Waals surface area contributed by atoms with E-state index in [1.165, 1.54) is 5.56 Å². The Balaban J connectivity index is 1.71. The van der Waals surface area contributed by atoms with Crippen molar-refractivity contribution < 1.29 is 9.47 Å². The first kappa shape index (κ1) is 12.8. The number of hydrogen-bond acceptors (Lipinski definition) is 4. The minimum atomic E-state index is 0.610. The number of nitrogens with one attached hydrogen (secondary N) is 1. The summed E-state index contributed by atoms with van der Waals surface area (Å²) in [7, 11) is 1.95. The van der Waals surface area contributed by atoms with Gasteiger partial charge in [-0.2, -0.15) is 5.10 Å². The van der Waals surface area contributed by atoms with Crippen LogP contribution in [-0.4, -0.2) is 23.0 Å². The summed E-state index contributed by atoms with van der Waals surface area (Å²) < 4.78 is 13.0. The minimum absolute atomic E-state index is 0.610. The molecule has 1 aliphatic rings. The van der Waals surface area contributed by atoms with E-state index < -0.39 is 0 Å². The summed E-state index contributed by atoms with van der Waals surface area (Å²) in [6.45, 7) is 4.11. The van der Waals surface area contributed by atoms with E-state index in [0.717, 1.165) is 35.8 Å². The fraction of sp³-hybridized carbons (Fsp3) is 0.400. The predicted molar refractivity (Wildman–Crippen MR) is 77.3 cm³/mol. The van der Waals surface area contributed by atoms with Crippen LogP contribution in [0.2, 0.25) is 0 Å². The van der Waals surface area contributed by atoms with E-state index in [1.807, 2.05) is 29.9 Å². The summed E-state index contributed by atoms with van der Waals surface area (Å²) in [4.78, 5) is 0. The van der Waals surface area contributed by atoms with E-state index in [0.29, 0.717) is 13.2 Å². The Labute approximate surface area is 118 Å². The van der Waals surface area contributed by atoms with E-state index in [-0.39, 0.29) is 0 Å². The summed E-state index contributed by atoms with van der Waals surface area (Å²) in [5.41, 5.74) is 3.39. The highest BCUT2D eigenvalue weighted by atomic mass is 16.6. The molecule has 0 saturated carbocycles. The van der Waals surface area contributed by atoms with Crippen LogP contribution in [0.25, 0.3) is 0 Å². The van der Waals surface area contributed by atoms with Crippen LogP contribution in [0.1, 0.15) is 18.2 Å². The molecular weight excluding hydrogens is 254 g/mol. The number of rotatable bonds is 4. The van der Waals surface area contributed by atoms with Crippen LogP contribution < -0.4 is 14.8 Å². The van der Waals surface area contributed by atoms with Crippen molar-refractivity contribution in [1.82, 2.24) is 9.78 Å². The summed E-state index contributed by atoms with van der Waals surface area (Å²) in [6.07, 6.45) is 3.00. The molecule has 0 bridgehead atoms. The Morgan fingerprint density at radius 3 is 2.85 bits per heavy atom. The molecule has 3 rings (SSSR count). The Bertz CT molecular complexity index is 607. The van der Waals surface area contributed by atoms with Crippen molar-refractivity contribution in [2.24, 2.45) is 7.05 Å². The van der Waals surface area contributed by atoms with Crippen LogP contribution in [0.4, 0.5) is 5.69 Å². The van der Waals surface area contributed by atoms with Crippen LogP contribution in [0.5, 0.6) is 11.5 Å². The lowest BCUT2D eigenvalue weighted by Gasteiger charge is -2.19. The summed E-state index contributed by atoms with van der Waals surface area (Å²) in [6, 6.07) is 5.94. The summed E-state index contributed by atoms with van der Waals surface area (Å²) in [5, 5.41) is 7.85. The van der Waals surface area contributed by atoms with Gasteiger partial charge in [0.05, 0.1) is 5.69 Å². The third-order valence-corrected chi connectivity index (χ3v) is 3.35. The van der Waals surface area contributed by atoms with Gasteiger partial charge in [0, 0.05) is 37.1 Å². The normalized spacial score (nSPS) is 13.3. The van der Waals surface area contributed by atoms with Gasteiger partial charge in [-0.1, -0.05) is 6.92 Å². The molecule has 1 aromatic heterocycles. The Kier molecular flexibility index (Phi) is 3.50. The van der Waals surface area contributed by atoms with E-state index in [4.69, 9.17) is 9.47 Å². The molecule has 0 amide bonds. The van der Waals surface area contributed by atoms with Gasteiger partial charge in [-0.3, -0.25) is 4.68 Å². The zero-order valence-electron chi connectivity index (χ0n) is 11.8. The van der Waals surface area contributed by atoms with Gasteiger partial charge >= 0.3 is 0 Å². The second-order valence-corrected chi connectivity index (χ2v) is 4.84. The van der Waals surface area contributed by atoms with Crippen molar-refractivity contribution in [3.63, 3.8) is 0 Å². The van der Waals surface area contributed by atoms with E-state index in [2.05, 4.69) is 23.5 Å². The topological polar surface area (TPSA) is 48.3 Å². The smallest absolute Gasteiger partial charge is 0.163 e.